The maximum absolute atomic E-state index is 9.98. The zero-order valence-electron chi connectivity index (χ0n) is 10.9. The standard InChI is InChI=1S/C5H11NO2P.C2H7ClSi.C2H6O2/c1-6(2,3-4-7)5-9-8;1-4(2)3;3-1-2-4/h7H,3-4H2,1-2H3;4H,1-2H3;3-4H,1-2H2/q+1;;. The Morgan fingerprint density at radius 2 is 1.53 bits per heavy atom. The van der Waals surface area contributed by atoms with Crippen molar-refractivity contribution in [2.24, 2.45) is 0 Å². The van der Waals surface area contributed by atoms with E-state index in [0.29, 0.717) is 11.0 Å². The molecule has 8 heteroatoms. The van der Waals surface area contributed by atoms with E-state index in [2.05, 4.69) is 18.8 Å². The molecule has 0 aliphatic rings. The van der Waals surface area contributed by atoms with Crippen LogP contribution in [0, 0.1) is 5.75 Å². The minimum absolute atomic E-state index is 0.0928. The van der Waals surface area contributed by atoms with Gasteiger partial charge in [0.25, 0.3) is 0 Å². The van der Waals surface area contributed by atoms with Crippen LogP contribution in [0.2, 0.25) is 13.1 Å². The fraction of sp³-hybridized carbons (Fsp3) is 0.889. The molecular formula is C9H24ClNO4PSi+. The van der Waals surface area contributed by atoms with E-state index in [4.69, 9.17) is 26.4 Å². The average Bonchev–Trinajstić information content (AvgIpc) is 2.17. The van der Waals surface area contributed by atoms with E-state index in [1.165, 1.54) is 0 Å². The van der Waals surface area contributed by atoms with Gasteiger partial charge in [-0.1, -0.05) is 13.1 Å². The number of rotatable bonds is 3. The minimum atomic E-state index is -0.667. The smallest absolute Gasteiger partial charge is 0.134 e. The molecule has 0 bridgehead atoms. The van der Waals surface area contributed by atoms with Gasteiger partial charge in [0.05, 0.1) is 13.2 Å². The van der Waals surface area contributed by atoms with Gasteiger partial charge < -0.3 is 10.2 Å². The number of aliphatic hydroxyl groups is 3. The molecule has 0 unspecified atom stereocenters. The van der Waals surface area contributed by atoms with Crippen LogP contribution >= 0.6 is 19.0 Å². The van der Waals surface area contributed by atoms with Gasteiger partial charge in [0.15, 0.2) is 0 Å². The molecule has 0 rings (SSSR count). The van der Waals surface area contributed by atoms with Crippen LogP contribution in [0.1, 0.15) is 0 Å². The molecule has 0 saturated heterocycles. The van der Waals surface area contributed by atoms with Crippen LogP contribution in [0.4, 0.5) is 0 Å². The first-order valence-corrected chi connectivity index (χ1v) is 10.0. The summed E-state index contributed by atoms with van der Waals surface area (Å²) in [5.74, 6) is 2.62. The molecule has 17 heavy (non-hydrogen) atoms. The largest absolute Gasteiger partial charge is 0.394 e. The van der Waals surface area contributed by atoms with E-state index >= 15 is 0 Å². The number of hydrogen-bond donors (Lipinski definition) is 3. The van der Waals surface area contributed by atoms with Gasteiger partial charge in [-0.2, -0.15) is 11.1 Å². The summed E-state index contributed by atoms with van der Waals surface area (Å²) in [7, 11) is 2.87. The van der Waals surface area contributed by atoms with E-state index in [-0.39, 0.29) is 27.7 Å². The molecule has 0 aromatic heterocycles. The summed E-state index contributed by atoms with van der Waals surface area (Å²) >= 11 is 5.41. The molecule has 0 aromatic rings. The van der Waals surface area contributed by atoms with Crippen LogP contribution < -0.4 is 0 Å². The minimum Gasteiger partial charge on any atom is -0.394 e. The van der Waals surface area contributed by atoms with Crippen molar-refractivity contribution in [1.82, 2.24) is 0 Å². The topological polar surface area (TPSA) is 77.8 Å². The van der Waals surface area contributed by atoms with Gasteiger partial charge in [-0.25, -0.2) is 0 Å². The Labute approximate surface area is 111 Å². The van der Waals surface area contributed by atoms with Gasteiger partial charge in [-0.3, -0.25) is 0 Å². The molecular weight excluding hydrogens is 281 g/mol. The second-order valence-electron chi connectivity index (χ2n) is 3.78. The zero-order chi connectivity index (χ0) is 14.3. The SMILES string of the molecule is C[N+](C)(C#P=O)CCO.C[SiH](C)Cl.OCCO. The summed E-state index contributed by atoms with van der Waals surface area (Å²) in [4.78, 5) is 0. The van der Waals surface area contributed by atoms with Crippen molar-refractivity contribution >= 4 is 27.1 Å². The van der Waals surface area contributed by atoms with Gasteiger partial charge >= 0.3 is 55.1 Å². The van der Waals surface area contributed by atoms with Crippen molar-refractivity contribution in [1.29, 1.82) is 0 Å². The van der Waals surface area contributed by atoms with E-state index < -0.39 is 8.11 Å². The Hall–Kier alpha value is 0.357. The van der Waals surface area contributed by atoms with Gasteiger partial charge in [0, 0.05) is 0 Å². The normalized spacial score (nSPS) is 9.47. The first kappa shape index (κ1) is 22.5. The third-order valence-corrected chi connectivity index (χ3v) is 1.69. The van der Waals surface area contributed by atoms with Crippen LogP contribution in [0.15, 0.2) is 0 Å². The Bertz CT molecular complexity index is 242. The summed E-state index contributed by atoms with van der Waals surface area (Å²) in [6.45, 7) is 4.54. The van der Waals surface area contributed by atoms with Crippen molar-refractivity contribution in [3.63, 3.8) is 0 Å². The second-order valence-corrected chi connectivity index (χ2v) is 8.81. The van der Waals surface area contributed by atoms with E-state index in [0.717, 1.165) is 0 Å². The predicted octanol–water partition coefficient (Wildman–Crippen LogP) is 0.443. The van der Waals surface area contributed by atoms with E-state index in [1.807, 2.05) is 14.1 Å². The van der Waals surface area contributed by atoms with Crippen molar-refractivity contribution < 1.29 is 24.4 Å². The maximum atomic E-state index is 9.98. The van der Waals surface area contributed by atoms with Crippen LogP contribution in [0.3, 0.4) is 0 Å². The molecule has 0 heterocycles. The van der Waals surface area contributed by atoms with Gasteiger partial charge in [-0.05, 0) is 0 Å². The molecule has 0 atom stereocenters. The van der Waals surface area contributed by atoms with E-state index in [9.17, 15) is 4.57 Å². The molecule has 3 N–H and O–H groups in total. The number of aliphatic hydroxyl groups excluding tert-OH is 3. The number of hydrogen-bond acceptors (Lipinski definition) is 4. The number of likely N-dealkylation sites (N-methyl/N-ethyl adjacent to an activating group) is 1. The first-order chi connectivity index (χ1) is 7.77. The molecule has 5 nitrogen and oxygen atoms in total. The second kappa shape index (κ2) is 16.4. The van der Waals surface area contributed by atoms with Crippen molar-refractivity contribution in [2.75, 3.05) is 40.5 Å². The van der Waals surface area contributed by atoms with Gasteiger partial charge in [0.1, 0.15) is 8.11 Å². The maximum Gasteiger partial charge on any atom is 0.134 e. The molecule has 0 radical (unpaired) electrons. The number of nitrogens with zero attached hydrogens (tertiary/aromatic N) is 1. The summed E-state index contributed by atoms with van der Waals surface area (Å²) in [6, 6.07) is 0. The third kappa shape index (κ3) is 38.5. The number of quaternary nitrogens is 1. The van der Waals surface area contributed by atoms with Crippen molar-refractivity contribution in [3.05, 3.63) is 0 Å². The Kier molecular flexibility index (Phi) is 21.7. The summed E-state index contributed by atoms with van der Waals surface area (Å²) in [5.41, 5.74) is 0. The molecule has 0 aliphatic carbocycles. The van der Waals surface area contributed by atoms with Gasteiger partial charge in [-0.15, -0.1) is 0 Å². The summed E-state index contributed by atoms with van der Waals surface area (Å²) in [5, 5.41) is 23.7. The van der Waals surface area contributed by atoms with Crippen LogP contribution in [-0.2, 0) is 4.57 Å². The molecule has 0 fully saturated rings. The summed E-state index contributed by atoms with van der Waals surface area (Å²) < 4.78 is 10.3. The monoisotopic (exact) mass is 304 g/mol. The van der Waals surface area contributed by atoms with Crippen molar-refractivity contribution in [2.45, 2.75) is 13.1 Å². The van der Waals surface area contributed by atoms with Gasteiger partial charge in [0.2, 0.25) is 0 Å². The molecule has 0 aliphatic heterocycles. The fourth-order valence-corrected chi connectivity index (χ4v) is 0.732. The first-order valence-electron chi connectivity index (χ1n) is 5.16. The molecule has 0 saturated carbocycles. The van der Waals surface area contributed by atoms with Crippen molar-refractivity contribution in [3.8, 4) is 5.75 Å². The molecule has 0 spiro atoms. The van der Waals surface area contributed by atoms with E-state index in [1.54, 1.807) is 0 Å². The Morgan fingerprint density at radius 1 is 1.18 bits per heavy atom. The average molecular weight is 305 g/mol. The quantitative estimate of drug-likeness (QED) is 0.306. The van der Waals surface area contributed by atoms with Crippen LogP contribution in [-0.4, -0.2) is 68.4 Å². The van der Waals surface area contributed by atoms with Crippen LogP contribution in [0.25, 0.3) is 0 Å². The fourth-order valence-electron chi connectivity index (χ4n) is 0.411. The Morgan fingerprint density at radius 3 is 1.71 bits per heavy atom. The molecule has 0 amide bonds. The predicted molar refractivity (Wildman–Crippen MR) is 74.5 cm³/mol. The third-order valence-electron chi connectivity index (χ3n) is 1.07. The zero-order valence-corrected chi connectivity index (χ0v) is 13.7. The van der Waals surface area contributed by atoms with Crippen LogP contribution in [0.5, 0.6) is 0 Å². The molecule has 0 aromatic carbocycles. The number of halogens is 1. The Balaban J connectivity index is -0.000000205. The summed E-state index contributed by atoms with van der Waals surface area (Å²) in [6.07, 6.45) is 0. The molecule has 104 valence electrons.